The lowest BCUT2D eigenvalue weighted by molar-refractivity contribution is 0.408. The van der Waals surface area contributed by atoms with Crippen molar-refractivity contribution in [1.29, 1.82) is 0 Å². The van der Waals surface area contributed by atoms with Crippen molar-refractivity contribution in [1.82, 2.24) is 4.98 Å². The van der Waals surface area contributed by atoms with Crippen LogP contribution < -0.4 is 5.32 Å². The molecule has 2 unspecified atom stereocenters. The van der Waals surface area contributed by atoms with Crippen LogP contribution in [0.1, 0.15) is 26.2 Å². The topological polar surface area (TPSA) is 42.0 Å². The molecule has 1 aromatic heterocycles. The fourth-order valence-corrected chi connectivity index (χ4v) is 2.38. The van der Waals surface area contributed by atoms with Crippen LogP contribution in [0.25, 0.3) is 0 Å². The van der Waals surface area contributed by atoms with Gasteiger partial charge >= 0.3 is 0 Å². The first-order valence-corrected chi connectivity index (χ1v) is 5.63. The molecule has 1 fully saturated rings. The molecule has 3 heteroatoms. The average molecular weight is 216 g/mol. The van der Waals surface area contributed by atoms with Crippen molar-refractivity contribution < 1.29 is 4.79 Å². The Morgan fingerprint density at radius 2 is 2.56 bits per heavy atom. The zero-order chi connectivity index (χ0) is 11.4. The van der Waals surface area contributed by atoms with Crippen molar-refractivity contribution in [3.63, 3.8) is 0 Å². The lowest BCUT2D eigenvalue weighted by atomic mass is 9.85. The van der Waals surface area contributed by atoms with E-state index in [1.165, 1.54) is 0 Å². The van der Waals surface area contributed by atoms with E-state index in [1.807, 2.05) is 24.3 Å². The van der Waals surface area contributed by atoms with Crippen molar-refractivity contribution in [2.75, 3.05) is 5.32 Å². The molecule has 0 radical (unpaired) electrons. The number of pyridine rings is 1. The minimum Gasteiger partial charge on any atom is -0.380 e. The second-order valence-corrected chi connectivity index (χ2v) is 4.60. The highest BCUT2D eigenvalue weighted by molar-refractivity contribution is 5.49. The van der Waals surface area contributed by atoms with Crippen molar-refractivity contribution in [2.45, 2.75) is 32.2 Å². The molecule has 3 nitrogen and oxygen atoms in total. The first kappa shape index (κ1) is 10.9. The summed E-state index contributed by atoms with van der Waals surface area (Å²) < 4.78 is 0. The molecule has 16 heavy (non-hydrogen) atoms. The van der Waals surface area contributed by atoms with E-state index in [-0.39, 0.29) is 5.41 Å². The van der Waals surface area contributed by atoms with Crippen LogP contribution in [-0.4, -0.2) is 17.0 Å². The van der Waals surface area contributed by atoms with Gasteiger partial charge in [-0.1, -0.05) is 13.3 Å². The average Bonchev–Trinajstić information content (AvgIpc) is 2.62. The Kier molecular flexibility index (Phi) is 3.07. The number of hydrogen-bond donors (Lipinski definition) is 1. The van der Waals surface area contributed by atoms with E-state index in [9.17, 15) is 4.79 Å². The van der Waals surface area contributed by atoms with Gasteiger partial charge in [0.15, 0.2) is 0 Å². The summed E-state index contributed by atoms with van der Waals surface area (Å²) in [7, 11) is 0. The lowest BCUT2D eigenvalue weighted by Crippen LogP contribution is -2.32. The maximum absolute atomic E-state index is 10.5. The zero-order valence-corrected chi connectivity index (χ0v) is 9.44. The maximum atomic E-state index is 10.5. The number of carbonyl (C=O) groups excluding carboxylic acids is 1. The Bertz CT molecular complexity index is 398. The predicted molar refractivity (Wildman–Crippen MR) is 63.9 cm³/mol. The summed E-state index contributed by atoms with van der Waals surface area (Å²) in [6.07, 6.45) is 8.50. The van der Waals surface area contributed by atoms with E-state index >= 15 is 0 Å². The quantitative estimate of drug-likeness (QED) is 0.789. The fraction of sp³-hybridized carbons (Fsp3) is 0.462. The minimum atomic E-state index is -0.0718. The van der Waals surface area contributed by atoms with Gasteiger partial charge in [0.25, 0.3) is 0 Å². The number of nitrogens with one attached hydrogen (secondary N) is 1. The van der Waals surface area contributed by atoms with Gasteiger partial charge < -0.3 is 5.32 Å². The summed E-state index contributed by atoms with van der Waals surface area (Å²) in [6.45, 7) is 2.11. The SMILES string of the molecule is CC1(C=C=O)CCCC1Nc1cccnc1. The summed E-state index contributed by atoms with van der Waals surface area (Å²) in [5.74, 6) is 1.94. The molecule has 1 N–H and O–H groups in total. The summed E-state index contributed by atoms with van der Waals surface area (Å²) >= 11 is 0. The first-order valence-electron chi connectivity index (χ1n) is 5.63. The standard InChI is InChI=1S/C13H16N2O/c1-13(7-9-16)6-2-5-12(13)15-11-4-3-8-14-10-11/h3-4,7-8,10,12,15H,2,5-6H2,1H3. The van der Waals surface area contributed by atoms with Crippen LogP contribution in [0.5, 0.6) is 0 Å². The van der Waals surface area contributed by atoms with Crippen molar-refractivity contribution in [2.24, 2.45) is 5.41 Å². The molecule has 1 saturated carbocycles. The van der Waals surface area contributed by atoms with Crippen LogP contribution in [-0.2, 0) is 4.79 Å². The molecule has 0 amide bonds. The third-order valence-electron chi connectivity index (χ3n) is 3.40. The summed E-state index contributed by atoms with van der Waals surface area (Å²) in [4.78, 5) is 14.6. The van der Waals surface area contributed by atoms with Gasteiger partial charge in [-0.05, 0) is 25.0 Å². The van der Waals surface area contributed by atoms with Crippen LogP contribution in [0.3, 0.4) is 0 Å². The highest BCUT2D eigenvalue weighted by atomic mass is 16.1. The largest absolute Gasteiger partial charge is 0.380 e. The van der Waals surface area contributed by atoms with E-state index in [2.05, 4.69) is 17.2 Å². The molecule has 0 spiro atoms. The molecule has 0 aromatic carbocycles. The molecule has 84 valence electrons. The normalized spacial score (nSPS) is 28.4. The van der Waals surface area contributed by atoms with Gasteiger partial charge in [0, 0.05) is 29.9 Å². The van der Waals surface area contributed by atoms with Crippen molar-refractivity contribution in [3.8, 4) is 0 Å². The van der Waals surface area contributed by atoms with Gasteiger partial charge in [0.2, 0.25) is 0 Å². The second-order valence-electron chi connectivity index (χ2n) is 4.60. The monoisotopic (exact) mass is 216 g/mol. The number of nitrogens with zero attached hydrogens (tertiary/aromatic N) is 1. The van der Waals surface area contributed by atoms with E-state index in [4.69, 9.17) is 0 Å². The van der Waals surface area contributed by atoms with Gasteiger partial charge in [-0.25, -0.2) is 4.79 Å². The smallest absolute Gasteiger partial charge is 0.120 e. The molecule has 1 aliphatic carbocycles. The number of hydrogen-bond acceptors (Lipinski definition) is 3. The molecular formula is C13H16N2O. The Hall–Kier alpha value is -1.60. The zero-order valence-electron chi connectivity index (χ0n) is 9.44. The second kappa shape index (κ2) is 4.50. The van der Waals surface area contributed by atoms with Crippen LogP contribution in [0.15, 0.2) is 30.6 Å². The molecule has 2 atom stereocenters. The lowest BCUT2D eigenvalue weighted by Gasteiger charge is -2.28. The third kappa shape index (κ3) is 2.15. The fourth-order valence-electron chi connectivity index (χ4n) is 2.38. The van der Waals surface area contributed by atoms with E-state index in [1.54, 1.807) is 12.3 Å². The summed E-state index contributed by atoms with van der Waals surface area (Å²) in [6, 6.07) is 4.21. The number of anilines is 1. The Labute approximate surface area is 95.6 Å². The summed E-state index contributed by atoms with van der Waals surface area (Å²) in [5.41, 5.74) is 0.942. The third-order valence-corrected chi connectivity index (χ3v) is 3.40. The molecular weight excluding hydrogens is 200 g/mol. The molecule has 2 rings (SSSR count). The molecule has 1 heterocycles. The van der Waals surface area contributed by atoms with E-state index in [0.29, 0.717) is 6.04 Å². The Balaban J connectivity index is 2.13. The molecule has 0 aliphatic heterocycles. The van der Waals surface area contributed by atoms with Crippen LogP contribution in [0, 0.1) is 5.41 Å². The van der Waals surface area contributed by atoms with E-state index < -0.39 is 0 Å². The molecule has 1 aliphatic rings. The van der Waals surface area contributed by atoms with Crippen molar-refractivity contribution in [3.05, 3.63) is 30.6 Å². The Morgan fingerprint density at radius 1 is 1.69 bits per heavy atom. The highest BCUT2D eigenvalue weighted by Crippen LogP contribution is 2.40. The van der Waals surface area contributed by atoms with Crippen LogP contribution in [0.2, 0.25) is 0 Å². The summed E-state index contributed by atoms with van der Waals surface area (Å²) in [5, 5.41) is 3.44. The molecule has 0 saturated heterocycles. The van der Waals surface area contributed by atoms with Gasteiger partial charge in [0.1, 0.15) is 5.94 Å². The Morgan fingerprint density at radius 3 is 3.25 bits per heavy atom. The van der Waals surface area contributed by atoms with Crippen molar-refractivity contribution >= 4 is 11.6 Å². The minimum absolute atomic E-state index is 0.0718. The predicted octanol–water partition coefficient (Wildman–Crippen LogP) is 2.44. The molecule has 1 aromatic rings. The first-order chi connectivity index (χ1) is 7.74. The van der Waals surface area contributed by atoms with Gasteiger partial charge in [-0.15, -0.1) is 0 Å². The maximum Gasteiger partial charge on any atom is 0.120 e. The van der Waals surface area contributed by atoms with Gasteiger partial charge in [-0.2, -0.15) is 0 Å². The van der Waals surface area contributed by atoms with Crippen LogP contribution >= 0.6 is 0 Å². The van der Waals surface area contributed by atoms with Gasteiger partial charge in [0.05, 0.1) is 5.69 Å². The van der Waals surface area contributed by atoms with Crippen LogP contribution in [0.4, 0.5) is 5.69 Å². The molecule has 0 bridgehead atoms. The van der Waals surface area contributed by atoms with Gasteiger partial charge in [-0.3, -0.25) is 4.98 Å². The number of rotatable bonds is 3. The number of aromatic nitrogens is 1. The van der Waals surface area contributed by atoms with E-state index in [0.717, 1.165) is 24.9 Å². The highest BCUT2D eigenvalue weighted by Gasteiger charge is 2.37.